The van der Waals surface area contributed by atoms with E-state index in [-0.39, 0.29) is 24.0 Å². The molecule has 4 N–H and O–H groups in total. The number of nitrogens with one attached hydrogen (secondary N) is 2. The number of β-amino-alcohol motifs (C(OH)–C–C–N with tert-alkyl or cyclic N) is 2. The summed E-state index contributed by atoms with van der Waals surface area (Å²) in [5.74, 6) is 0.874. The van der Waals surface area contributed by atoms with Crippen LogP contribution < -0.4 is 20.1 Å². The zero-order valence-electron chi connectivity index (χ0n) is 22.3. The lowest BCUT2D eigenvalue weighted by Gasteiger charge is -2.21. The van der Waals surface area contributed by atoms with Gasteiger partial charge in [0.25, 0.3) is 0 Å². The van der Waals surface area contributed by atoms with Crippen molar-refractivity contribution in [2.75, 3.05) is 27.3 Å². The van der Waals surface area contributed by atoms with Gasteiger partial charge in [0.1, 0.15) is 35.9 Å². The van der Waals surface area contributed by atoms with Crippen molar-refractivity contribution in [2.24, 2.45) is 0 Å². The van der Waals surface area contributed by atoms with Gasteiger partial charge in [0, 0.05) is 26.9 Å². The van der Waals surface area contributed by atoms with E-state index < -0.39 is 24.4 Å². The molecule has 6 atom stereocenters. The Morgan fingerprint density at radius 1 is 0.711 bits per heavy atom. The lowest BCUT2D eigenvalue weighted by Crippen LogP contribution is -2.38. The second kappa shape index (κ2) is 14.1. The van der Waals surface area contributed by atoms with Crippen LogP contribution in [-0.2, 0) is 31.9 Å². The summed E-state index contributed by atoms with van der Waals surface area (Å²) in [4.78, 5) is 22.1. The van der Waals surface area contributed by atoms with Crippen LogP contribution in [0.25, 0.3) is 0 Å². The topological polar surface area (TPSA) is 136 Å². The van der Waals surface area contributed by atoms with Crippen LogP contribution in [-0.4, -0.2) is 86.0 Å². The number of methoxy groups -OCH3 is 2. The largest absolute Gasteiger partial charge is 0.497 e. The predicted molar refractivity (Wildman–Crippen MR) is 140 cm³/mol. The summed E-state index contributed by atoms with van der Waals surface area (Å²) in [5.41, 5.74) is 2.20. The molecule has 0 spiro atoms. The lowest BCUT2D eigenvalue weighted by molar-refractivity contribution is -0.152. The van der Waals surface area contributed by atoms with Crippen molar-refractivity contribution in [1.29, 1.82) is 0 Å². The van der Waals surface area contributed by atoms with Gasteiger partial charge in [-0.25, -0.2) is 0 Å². The Morgan fingerprint density at radius 2 is 1.05 bits per heavy atom. The first-order valence-electron chi connectivity index (χ1n) is 12.6. The monoisotopic (exact) mass is 530 g/mol. The fourth-order valence-electron chi connectivity index (χ4n) is 4.66. The fraction of sp³-hybridized carbons (Fsp3) is 0.500. The number of aliphatic hydroxyl groups is 2. The fourth-order valence-corrected chi connectivity index (χ4v) is 4.66. The molecule has 2 aliphatic rings. The highest BCUT2D eigenvalue weighted by molar-refractivity contribution is 5.66. The zero-order chi connectivity index (χ0) is 27.7. The van der Waals surface area contributed by atoms with Gasteiger partial charge in [-0.2, -0.15) is 0 Å². The van der Waals surface area contributed by atoms with Crippen molar-refractivity contribution in [1.82, 2.24) is 10.6 Å². The molecule has 2 heterocycles. The third kappa shape index (κ3) is 8.42. The van der Waals surface area contributed by atoms with Crippen LogP contribution in [0.1, 0.15) is 25.0 Å². The predicted octanol–water partition coefficient (Wildman–Crippen LogP) is 1.00. The molecule has 10 heteroatoms. The molecule has 0 saturated carbocycles. The number of hydrogen-bond donors (Lipinski definition) is 4. The molecule has 2 aromatic carbocycles. The Kier molecular flexibility index (Phi) is 10.9. The SMILES string of the molecule is COc1ccc(C[C@H]2NC[C@H](O)[C@H]2OC(C)=O)cc1.COc1ccc(C[C@H]2NC[C@H](O)[C@H]2OC(C)=O)cc1. The molecule has 0 amide bonds. The van der Waals surface area contributed by atoms with E-state index in [4.69, 9.17) is 18.9 Å². The molecule has 0 radical (unpaired) electrons. The van der Waals surface area contributed by atoms with Crippen molar-refractivity contribution in [3.63, 3.8) is 0 Å². The molecule has 0 unspecified atom stereocenters. The number of carbonyl (C=O) groups excluding carboxylic acids is 2. The molecule has 2 aromatic rings. The normalized spacial score (nSPS) is 26.2. The van der Waals surface area contributed by atoms with Gasteiger partial charge < -0.3 is 39.8 Å². The van der Waals surface area contributed by atoms with Crippen molar-refractivity contribution in [3.8, 4) is 11.5 Å². The number of ether oxygens (including phenoxy) is 4. The molecular weight excluding hydrogens is 492 g/mol. The Morgan fingerprint density at radius 3 is 1.34 bits per heavy atom. The average molecular weight is 531 g/mol. The molecule has 0 aromatic heterocycles. The van der Waals surface area contributed by atoms with E-state index in [0.29, 0.717) is 25.9 Å². The first-order valence-corrected chi connectivity index (χ1v) is 12.6. The Balaban J connectivity index is 0.000000211. The minimum atomic E-state index is -0.646. The Bertz CT molecular complexity index is 947. The number of carbonyl (C=O) groups is 2. The summed E-state index contributed by atoms with van der Waals surface area (Å²) >= 11 is 0. The van der Waals surface area contributed by atoms with Gasteiger partial charge in [0.05, 0.1) is 26.3 Å². The number of aliphatic hydroxyl groups excluding tert-OH is 2. The van der Waals surface area contributed by atoms with Crippen LogP contribution in [0.15, 0.2) is 48.5 Å². The molecule has 38 heavy (non-hydrogen) atoms. The smallest absolute Gasteiger partial charge is 0.303 e. The maximum atomic E-state index is 11.0. The van der Waals surface area contributed by atoms with Gasteiger partial charge in [-0.1, -0.05) is 24.3 Å². The van der Waals surface area contributed by atoms with Crippen LogP contribution in [0.2, 0.25) is 0 Å². The van der Waals surface area contributed by atoms with Gasteiger partial charge in [-0.15, -0.1) is 0 Å². The van der Waals surface area contributed by atoms with Crippen molar-refractivity contribution >= 4 is 11.9 Å². The molecule has 10 nitrogen and oxygen atoms in total. The van der Waals surface area contributed by atoms with Crippen LogP contribution in [0, 0.1) is 0 Å². The van der Waals surface area contributed by atoms with Crippen molar-refractivity contribution < 1.29 is 38.7 Å². The van der Waals surface area contributed by atoms with E-state index in [1.807, 2.05) is 48.5 Å². The molecule has 0 aliphatic carbocycles. The van der Waals surface area contributed by atoms with Crippen molar-refractivity contribution in [2.45, 2.75) is 63.2 Å². The molecule has 2 saturated heterocycles. The van der Waals surface area contributed by atoms with Gasteiger partial charge in [0.15, 0.2) is 0 Å². The number of benzene rings is 2. The van der Waals surface area contributed by atoms with Gasteiger partial charge in [-0.3, -0.25) is 9.59 Å². The highest BCUT2D eigenvalue weighted by Gasteiger charge is 2.38. The number of rotatable bonds is 8. The average Bonchev–Trinajstić information content (AvgIpc) is 3.41. The standard InChI is InChI=1S/2C14H19NO4/c2*1-9(16)19-14-12(15-8-13(14)17)7-10-3-5-11(18-2)6-4-10/h2*3-6,12-15,17H,7-8H2,1-2H3/t2*12-,13+,14+/m11/s1. The second-order valence-corrected chi connectivity index (χ2v) is 9.42. The number of esters is 2. The van der Waals surface area contributed by atoms with Gasteiger partial charge >= 0.3 is 11.9 Å². The maximum absolute atomic E-state index is 11.0. The van der Waals surface area contributed by atoms with Crippen LogP contribution in [0.4, 0.5) is 0 Å². The third-order valence-corrected chi connectivity index (χ3v) is 6.56. The minimum Gasteiger partial charge on any atom is -0.497 e. The zero-order valence-corrected chi connectivity index (χ0v) is 22.3. The minimum absolute atomic E-state index is 0.0627. The Hall–Kier alpha value is -3.18. The van der Waals surface area contributed by atoms with E-state index in [2.05, 4.69) is 10.6 Å². The summed E-state index contributed by atoms with van der Waals surface area (Å²) < 4.78 is 20.6. The van der Waals surface area contributed by atoms with Crippen LogP contribution >= 0.6 is 0 Å². The van der Waals surface area contributed by atoms with Crippen molar-refractivity contribution in [3.05, 3.63) is 59.7 Å². The lowest BCUT2D eigenvalue weighted by atomic mass is 10.0. The van der Waals surface area contributed by atoms with E-state index in [0.717, 1.165) is 22.6 Å². The summed E-state index contributed by atoms with van der Waals surface area (Å²) in [6.45, 7) is 3.60. The van der Waals surface area contributed by atoms with E-state index in [9.17, 15) is 19.8 Å². The number of hydrogen-bond acceptors (Lipinski definition) is 10. The van der Waals surface area contributed by atoms with Crippen LogP contribution in [0.5, 0.6) is 11.5 Å². The highest BCUT2D eigenvalue weighted by atomic mass is 16.6. The van der Waals surface area contributed by atoms with Gasteiger partial charge in [0.2, 0.25) is 0 Å². The summed E-state index contributed by atoms with van der Waals surface area (Å²) in [5, 5.41) is 26.0. The quantitative estimate of drug-likeness (QED) is 0.366. The molecule has 2 fully saturated rings. The summed E-state index contributed by atoms with van der Waals surface area (Å²) in [6.07, 6.45) is -0.878. The van der Waals surface area contributed by atoms with Gasteiger partial charge in [-0.05, 0) is 48.2 Å². The summed E-state index contributed by atoms with van der Waals surface area (Å²) in [7, 11) is 3.25. The van der Waals surface area contributed by atoms with E-state index in [1.54, 1.807) is 14.2 Å². The van der Waals surface area contributed by atoms with Crippen LogP contribution in [0.3, 0.4) is 0 Å². The molecular formula is C28H38N2O8. The maximum Gasteiger partial charge on any atom is 0.303 e. The Labute approximate surface area is 223 Å². The molecule has 208 valence electrons. The first kappa shape index (κ1) is 29.4. The molecule has 0 bridgehead atoms. The highest BCUT2D eigenvalue weighted by Crippen LogP contribution is 2.20. The molecule has 4 rings (SSSR count). The van der Waals surface area contributed by atoms with E-state index >= 15 is 0 Å². The van der Waals surface area contributed by atoms with E-state index in [1.165, 1.54) is 13.8 Å². The summed E-state index contributed by atoms with van der Waals surface area (Å²) in [6, 6.07) is 15.3. The molecule has 2 aliphatic heterocycles. The first-order chi connectivity index (χ1) is 18.2. The second-order valence-electron chi connectivity index (χ2n) is 9.42. The third-order valence-electron chi connectivity index (χ3n) is 6.56.